The molecule has 1 atom stereocenters. The number of halogens is 1. The largest absolute Gasteiger partial charge is 0.488 e. The van der Waals surface area contributed by atoms with Gasteiger partial charge in [-0.25, -0.2) is 0 Å². The molecule has 0 bridgehead atoms. The van der Waals surface area contributed by atoms with Crippen LogP contribution in [-0.4, -0.2) is 10.1 Å². The second-order valence-corrected chi connectivity index (χ2v) is 4.92. The summed E-state index contributed by atoms with van der Waals surface area (Å²) >= 11 is 3.40. The molecule has 2 aromatic rings. The van der Waals surface area contributed by atoms with Gasteiger partial charge in [0.15, 0.2) is 0 Å². The van der Waals surface area contributed by atoms with Gasteiger partial charge in [-0.1, -0.05) is 28.1 Å². The normalized spacial score (nSPS) is 12.2. The Bertz CT molecular complexity index is 514. The maximum Gasteiger partial charge on any atom is 0.126 e. The van der Waals surface area contributed by atoms with Gasteiger partial charge in [-0.2, -0.15) is 0 Å². The molecular formula is C14H14BrNO2. The Labute approximate surface area is 115 Å². The number of rotatable bonds is 4. The molecule has 1 aromatic carbocycles. The van der Waals surface area contributed by atoms with Crippen LogP contribution in [0.2, 0.25) is 0 Å². The molecule has 0 amide bonds. The summed E-state index contributed by atoms with van der Waals surface area (Å²) < 4.78 is 6.66. The van der Waals surface area contributed by atoms with Gasteiger partial charge >= 0.3 is 0 Å². The first-order valence-electron chi connectivity index (χ1n) is 5.66. The van der Waals surface area contributed by atoms with Gasteiger partial charge in [0.05, 0.1) is 6.10 Å². The van der Waals surface area contributed by atoms with E-state index in [0.717, 1.165) is 15.6 Å². The fraction of sp³-hybridized carbons (Fsp3) is 0.214. The molecule has 0 saturated heterocycles. The van der Waals surface area contributed by atoms with Crippen LogP contribution < -0.4 is 4.74 Å². The van der Waals surface area contributed by atoms with Crippen LogP contribution in [0, 0.1) is 0 Å². The summed E-state index contributed by atoms with van der Waals surface area (Å²) in [7, 11) is 0. The fourth-order valence-electron chi connectivity index (χ4n) is 1.62. The van der Waals surface area contributed by atoms with Gasteiger partial charge in [0.1, 0.15) is 12.4 Å². The van der Waals surface area contributed by atoms with E-state index < -0.39 is 6.10 Å². The van der Waals surface area contributed by atoms with E-state index >= 15 is 0 Å². The predicted octanol–water partition coefficient (Wildman–Crippen LogP) is 3.48. The molecule has 0 aliphatic carbocycles. The van der Waals surface area contributed by atoms with Gasteiger partial charge in [0, 0.05) is 28.0 Å². The van der Waals surface area contributed by atoms with E-state index in [1.807, 2.05) is 30.3 Å². The lowest BCUT2D eigenvalue weighted by molar-refractivity contribution is 0.190. The number of aromatic nitrogens is 1. The lowest BCUT2D eigenvalue weighted by atomic mass is 10.1. The molecule has 1 N–H and O–H groups in total. The molecule has 1 heterocycles. The maximum atomic E-state index is 9.68. The van der Waals surface area contributed by atoms with Gasteiger partial charge in [0.25, 0.3) is 0 Å². The van der Waals surface area contributed by atoms with Crippen LogP contribution in [0.25, 0.3) is 0 Å². The quantitative estimate of drug-likeness (QED) is 0.940. The third-order valence-electron chi connectivity index (χ3n) is 2.54. The van der Waals surface area contributed by atoms with E-state index in [1.165, 1.54) is 0 Å². The summed E-state index contributed by atoms with van der Waals surface area (Å²) in [5.74, 6) is 0.684. The number of aliphatic hydroxyl groups excluding tert-OH is 1. The van der Waals surface area contributed by atoms with Gasteiger partial charge < -0.3 is 9.84 Å². The summed E-state index contributed by atoms with van der Waals surface area (Å²) in [6, 6.07) is 9.42. The number of hydrogen-bond donors (Lipinski definition) is 1. The highest BCUT2D eigenvalue weighted by molar-refractivity contribution is 9.10. The summed E-state index contributed by atoms with van der Waals surface area (Å²) in [6.45, 7) is 2.16. The summed E-state index contributed by atoms with van der Waals surface area (Å²) in [5.41, 5.74) is 1.77. The third kappa shape index (κ3) is 3.31. The molecule has 18 heavy (non-hydrogen) atoms. The van der Waals surface area contributed by atoms with Crippen molar-refractivity contribution in [2.75, 3.05) is 0 Å². The number of pyridine rings is 1. The van der Waals surface area contributed by atoms with Crippen LogP contribution in [0.5, 0.6) is 5.75 Å². The minimum atomic E-state index is -0.554. The number of benzene rings is 1. The van der Waals surface area contributed by atoms with E-state index in [-0.39, 0.29) is 0 Å². The molecule has 2 rings (SSSR count). The molecule has 0 aliphatic heterocycles. The van der Waals surface area contributed by atoms with Crippen molar-refractivity contribution < 1.29 is 9.84 Å². The topological polar surface area (TPSA) is 42.4 Å². The Hall–Kier alpha value is -1.39. The number of hydrogen-bond acceptors (Lipinski definition) is 3. The number of nitrogens with zero attached hydrogens (tertiary/aromatic N) is 1. The molecule has 0 unspecified atom stereocenters. The number of ether oxygens (including phenoxy) is 1. The molecule has 0 spiro atoms. The SMILES string of the molecule is C[C@@H](O)c1ccc(Br)cc1OCc1cccnc1. The van der Waals surface area contributed by atoms with E-state index in [0.29, 0.717) is 12.4 Å². The van der Waals surface area contributed by atoms with E-state index in [9.17, 15) is 5.11 Å². The van der Waals surface area contributed by atoms with E-state index in [2.05, 4.69) is 20.9 Å². The first-order chi connectivity index (χ1) is 8.66. The molecule has 0 aliphatic rings. The minimum absolute atomic E-state index is 0.435. The summed E-state index contributed by atoms with van der Waals surface area (Å²) in [5, 5.41) is 9.68. The average molecular weight is 308 g/mol. The third-order valence-corrected chi connectivity index (χ3v) is 3.04. The highest BCUT2D eigenvalue weighted by Gasteiger charge is 2.09. The van der Waals surface area contributed by atoms with Crippen LogP contribution in [-0.2, 0) is 6.61 Å². The van der Waals surface area contributed by atoms with E-state index in [1.54, 1.807) is 19.3 Å². The monoisotopic (exact) mass is 307 g/mol. The predicted molar refractivity (Wildman–Crippen MR) is 73.3 cm³/mol. The van der Waals surface area contributed by atoms with Crippen molar-refractivity contribution >= 4 is 15.9 Å². The Morgan fingerprint density at radius 1 is 1.39 bits per heavy atom. The molecule has 0 fully saturated rings. The summed E-state index contributed by atoms with van der Waals surface area (Å²) in [4.78, 5) is 4.03. The first-order valence-corrected chi connectivity index (χ1v) is 6.45. The smallest absolute Gasteiger partial charge is 0.126 e. The molecule has 1 aromatic heterocycles. The van der Waals surface area contributed by atoms with Crippen molar-refractivity contribution in [1.82, 2.24) is 4.98 Å². The fourth-order valence-corrected chi connectivity index (χ4v) is 1.96. The zero-order valence-electron chi connectivity index (χ0n) is 10.0. The Balaban J connectivity index is 2.15. The van der Waals surface area contributed by atoms with Crippen LogP contribution >= 0.6 is 15.9 Å². The standard InChI is InChI=1S/C14H14BrNO2/c1-10(17)13-5-4-12(15)7-14(13)18-9-11-3-2-6-16-8-11/h2-8,10,17H,9H2,1H3/t10-/m1/s1. The Kier molecular flexibility index (Phi) is 4.33. The summed E-state index contributed by atoms with van der Waals surface area (Å²) in [6.07, 6.45) is 2.94. The average Bonchev–Trinajstić information content (AvgIpc) is 2.37. The lowest BCUT2D eigenvalue weighted by Gasteiger charge is -2.13. The van der Waals surface area contributed by atoms with Crippen LogP contribution in [0.15, 0.2) is 47.2 Å². The second kappa shape index (κ2) is 5.98. The Morgan fingerprint density at radius 3 is 2.89 bits per heavy atom. The lowest BCUT2D eigenvalue weighted by Crippen LogP contribution is -2.01. The molecule has 94 valence electrons. The minimum Gasteiger partial charge on any atom is -0.488 e. The maximum absolute atomic E-state index is 9.68. The van der Waals surface area contributed by atoms with Crippen LogP contribution in [0.1, 0.15) is 24.2 Å². The van der Waals surface area contributed by atoms with Crippen molar-refractivity contribution in [3.05, 3.63) is 58.3 Å². The van der Waals surface area contributed by atoms with Crippen molar-refractivity contribution in [3.8, 4) is 5.75 Å². The van der Waals surface area contributed by atoms with Gasteiger partial charge in [0.2, 0.25) is 0 Å². The second-order valence-electron chi connectivity index (χ2n) is 4.01. The van der Waals surface area contributed by atoms with Crippen LogP contribution in [0.4, 0.5) is 0 Å². The van der Waals surface area contributed by atoms with Crippen molar-refractivity contribution in [2.45, 2.75) is 19.6 Å². The van der Waals surface area contributed by atoms with Crippen molar-refractivity contribution in [2.24, 2.45) is 0 Å². The zero-order chi connectivity index (χ0) is 13.0. The first kappa shape index (κ1) is 13.1. The molecule has 0 saturated carbocycles. The Morgan fingerprint density at radius 2 is 2.22 bits per heavy atom. The van der Waals surface area contributed by atoms with E-state index in [4.69, 9.17) is 4.74 Å². The van der Waals surface area contributed by atoms with Gasteiger partial charge in [-0.05, 0) is 25.1 Å². The van der Waals surface area contributed by atoms with Crippen molar-refractivity contribution in [3.63, 3.8) is 0 Å². The van der Waals surface area contributed by atoms with Gasteiger partial charge in [-0.3, -0.25) is 4.98 Å². The van der Waals surface area contributed by atoms with Crippen LogP contribution in [0.3, 0.4) is 0 Å². The molecular weight excluding hydrogens is 294 g/mol. The molecule has 0 radical (unpaired) electrons. The number of aliphatic hydroxyl groups is 1. The van der Waals surface area contributed by atoms with Gasteiger partial charge in [-0.15, -0.1) is 0 Å². The highest BCUT2D eigenvalue weighted by Crippen LogP contribution is 2.29. The molecule has 4 heteroatoms. The highest BCUT2D eigenvalue weighted by atomic mass is 79.9. The zero-order valence-corrected chi connectivity index (χ0v) is 11.6. The van der Waals surface area contributed by atoms with Crippen molar-refractivity contribution in [1.29, 1.82) is 0 Å². The molecule has 3 nitrogen and oxygen atoms in total.